The highest BCUT2D eigenvalue weighted by atomic mass is 15.5. The highest BCUT2D eigenvalue weighted by molar-refractivity contribution is 5.81. The molecule has 0 radical (unpaired) electrons. The molecule has 8 heteroatoms. The molecule has 8 nitrogen and oxygen atoms in total. The van der Waals surface area contributed by atoms with Crippen molar-refractivity contribution in [3.63, 3.8) is 0 Å². The minimum atomic E-state index is 0.585. The topological polar surface area (TPSA) is 98.1 Å². The summed E-state index contributed by atoms with van der Waals surface area (Å²) in [7, 11) is 0. The maximum atomic E-state index is 5.04. The number of fused-ring (bicyclic) bond motifs is 1. The molecule has 0 spiro atoms. The molecule has 6 aromatic rings. The summed E-state index contributed by atoms with van der Waals surface area (Å²) in [5.74, 6) is 1.66. The number of rotatable bonds is 8. The number of tetrazole rings is 1. The second-order valence-electron chi connectivity index (χ2n) is 9.40. The molecule has 4 heterocycles. The van der Waals surface area contributed by atoms with E-state index >= 15 is 0 Å². The number of pyridine rings is 2. The van der Waals surface area contributed by atoms with Crippen molar-refractivity contribution in [3.05, 3.63) is 96.2 Å². The Labute approximate surface area is 220 Å². The average molecular weight is 501 g/mol. The molecule has 0 aliphatic rings. The predicted molar refractivity (Wildman–Crippen MR) is 148 cm³/mol. The van der Waals surface area contributed by atoms with E-state index in [1.807, 2.05) is 30.5 Å². The summed E-state index contributed by atoms with van der Waals surface area (Å²) in [5.41, 5.74) is 9.26. The molecule has 4 aromatic heterocycles. The molecule has 0 fully saturated rings. The summed E-state index contributed by atoms with van der Waals surface area (Å²) < 4.78 is 2.27. The van der Waals surface area contributed by atoms with Gasteiger partial charge in [-0.25, -0.2) is 9.97 Å². The average Bonchev–Trinajstić information content (AvgIpc) is 3.61. The van der Waals surface area contributed by atoms with E-state index in [0.29, 0.717) is 12.4 Å². The molecule has 0 bridgehead atoms. The molecule has 188 valence electrons. The van der Waals surface area contributed by atoms with E-state index in [9.17, 15) is 0 Å². The van der Waals surface area contributed by atoms with Crippen LogP contribution in [0.15, 0.2) is 79.1 Å². The van der Waals surface area contributed by atoms with Crippen molar-refractivity contribution in [2.45, 2.75) is 39.7 Å². The molecule has 0 amide bonds. The molecule has 0 saturated heterocycles. The zero-order valence-corrected chi connectivity index (χ0v) is 21.5. The Bertz CT molecular complexity index is 1670. The number of imidazole rings is 1. The van der Waals surface area contributed by atoms with Crippen LogP contribution < -0.4 is 0 Å². The number of H-pyrrole nitrogens is 1. The summed E-state index contributed by atoms with van der Waals surface area (Å²) in [6, 6.07) is 22.9. The SMILES string of the molecule is CCCCc1nc2cc(-c3cccnc3)c(C)nc2n1Cc1ccc(-c2ccccc2-c2nn[nH]n2)cc1. The normalized spacial score (nSPS) is 11.3. The van der Waals surface area contributed by atoms with Gasteiger partial charge in [-0.3, -0.25) is 4.98 Å². The third-order valence-electron chi connectivity index (χ3n) is 6.84. The lowest BCUT2D eigenvalue weighted by molar-refractivity contribution is 0.686. The summed E-state index contributed by atoms with van der Waals surface area (Å²) in [6.07, 6.45) is 6.79. The van der Waals surface area contributed by atoms with E-state index in [1.165, 1.54) is 5.56 Å². The first kappa shape index (κ1) is 23.7. The van der Waals surface area contributed by atoms with Gasteiger partial charge < -0.3 is 4.57 Å². The van der Waals surface area contributed by atoms with E-state index < -0.39 is 0 Å². The maximum absolute atomic E-state index is 5.04. The lowest BCUT2D eigenvalue weighted by Crippen LogP contribution is -2.06. The van der Waals surface area contributed by atoms with Crippen molar-refractivity contribution in [1.29, 1.82) is 0 Å². The molecule has 0 unspecified atom stereocenters. The summed E-state index contributed by atoms with van der Waals surface area (Å²) in [6.45, 7) is 4.98. The standard InChI is InChI=1S/C30H28N8/c1-3-4-11-28-33-27-17-26(23-8-7-16-31-18-23)20(2)32-30(27)38(28)19-21-12-14-22(15-13-21)24-9-5-6-10-25(24)29-34-36-37-35-29/h5-10,12-18H,3-4,11,19H2,1-2H3,(H,34,35,36,37). The van der Waals surface area contributed by atoms with Gasteiger partial charge in [0.2, 0.25) is 5.82 Å². The van der Waals surface area contributed by atoms with Gasteiger partial charge in [0.25, 0.3) is 0 Å². The van der Waals surface area contributed by atoms with E-state index in [1.54, 1.807) is 6.20 Å². The fourth-order valence-electron chi connectivity index (χ4n) is 4.87. The van der Waals surface area contributed by atoms with E-state index in [2.05, 4.69) is 86.5 Å². The highest BCUT2D eigenvalue weighted by Crippen LogP contribution is 2.31. The van der Waals surface area contributed by atoms with E-state index in [-0.39, 0.29) is 0 Å². The van der Waals surface area contributed by atoms with E-state index in [0.717, 1.165) is 69.8 Å². The van der Waals surface area contributed by atoms with Gasteiger partial charge in [-0.1, -0.05) is 67.9 Å². The van der Waals surface area contributed by atoms with Gasteiger partial charge in [-0.15, -0.1) is 10.2 Å². The van der Waals surface area contributed by atoms with Gasteiger partial charge in [0.05, 0.1) is 6.54 Å². The van der Waals surface area contributed by atoms with Crippen molar-refractivity contribution in [2.24, 2.45) is 0 Å². The summed E-state index contributed by atoms with van der Waals surface area (Å²) >= 11 is 0. The van der Waals surface area contributed by atoms with Crippen LogP contribution in [0.2, 0.25) is 0 Å². The van der Waals surface area contributed by atoms with Crippen LogP contribution >= 0.6 is 0 Å². The van der Waals surface area contributed by atoms with Gasteiger partial charge >= 0.3 is 0 Å². The molecule has 1 N–H and O–H groups in total. The predicted octanol–water partition coefficient (Wildman–Crippen LogP) is 6.04. The number of hydrogen-bond acceptors (Lipinski definition) is 6. The zero-order chi connectivity index (χ0) is 25.9. The molecule has 6 rings (SSSR count). The second-order valence-corrected chi connectivity index (χ2v) is 9.40. The van der Waals surface area contributed by atoms with Crippen LogP contribution in [0.4, 0.5) is 0 Å². The Morgan fingerprint density at radius 3 is 2.45 bits per heavy atom. The second kappa shape index (κ2) is 10.3. The number of aryl methyl sites for hydroxylation is 2. The van der Waals surface area contributed by atoms with Crippen molar-refractivity contribution in [1.82, 2.24) is 40.1 Å². The number of nitrogens with one attached hydrogen (secondary N) is 1. The first-order valence-electron chi connectivity index (χ1n) is 12.9. The fourth-order valence-corrected chi connectivity index (χ4v) is 4.87. The molecule has 0 atom stereocenters. The van der Waals surface area contributed by atoms with Gasteiger partial charge in [0.1, 0.15) is 11.3 Å². The first-order valence-corrected chi connectivity index (χ1v) is 12.9. The smallest absolute Gasteiger partial charge is 0.205 e. The third-order valence-corrected chi connectivity index (χ3v) is 6.84. The molecule has 0 aliphatic heterocycles. The lowest BCUT2D eigenvalue weighted by atomic mass is 9.98. The Kier molecular flexibility index (Phi) is 6.44. The molecular formula is C30H28N8. The number of benzene rings is 2. The van der Waals surface area contributed by atoms with Crippen molar-refractivity contribution < 1.29 is 0 Å². The Morgan fingerprint density at radius 2 is 1.71 bits per heavy atom. The lowest BCUT2D eigenvalue weighted by Gasteiger charge is -2.12. The van der Waals surface area contributed by atoms with Crippen molar-refractivity contribution in [2.75, 3.05) is 0 Å². The monoisotopic (exact) mass is 500 g/mol. The summed E-state index contributed by atoms with van der Waals surface area (Å²) in [4.78, 5) is 14.4. The Morgan fingerprint density at radius 1 is 0.868 bits per heavy atom. The first-order chi connectivity index (χ1) is 18.7. The molecule has 2 aromatic carbocycles. The minimum Gasteiger partial charge on any atom is -0.308 e. The quantitative estimate of drug-likeness (QED) is 0.274. The third kappa shape index (κ3) is 4.56. The summed E-state index contributed by atoms with van der Waals surface area (Å²) in [5, 5.41) is 14.6. The molecule has 0 saturated carbocycles. The zero-order valence-electron chi connectivity index (χ0n) is 21.5. The van der Waals surface area contributed by atoms with Gasteiger partial charge in [0.15, 0.2) is 5.65 Å². The van der Waals surface area contributed by atoms with Gasteiger partial charge in [-0.2, -0.15) is 5.21 Å². The number of aromatic amines is 1. The number of unbranched alkanes of at least 4 members (excludes halogenated alkanes) is 1. The number of nitrogens with zero attached hydrogens (tertiary/aromatic N) is 7. The van der Waals surface area contributed by atoms with Crippen LogP contribution in [0.3, 0.4) is 0 Å². The van der Waals surface area contributed by atoms with Crippen LogP contribution in [0.1, 0.15) is 36.8 Å². The highest BCUT2D eigenvalue weighted by Gasteiger charge is 2.16. The van der Waals surface area contributed by atoms with Crippen molar-refractivity contribution in [3.8, 4) is 33.6 Å². The Balaban J connectivity index is 1.35. The largest absolute Gasteiger partial charge is 0.308 e. The fraction of sp³-hybridized carbons (Fsp3) is 0.200. The van der Waals surface area contributed by atoms with Crippen LogP contribution in [0.5, 0.6) is 0 Å². The number of hydrogen-bond donors (Lipinski definition) is 1. The minimum absolute atomic E-state index is 0.585. The van der Waals surface area contributed by atoms with Crippen LogP contribution in [-0.2, 0) is 13.0 Å². The number of aromatic nitrogens is 8. The Hall–Kier alpha value is -4.72. The van der Waals surface area contributed by atoms with Gasteiger partial charge in [-0.05, 0) is 47.4 Å². The van der Waals surface area contributed by atoms with Gasteiger partial charge in [0, 0.05) is 41.2 Å². The molecule has 38 heavy (non-hydrogen) atoms. The molecular weight excluding hydrogens is 472 g/mol. The van der Waals surface area contributed by atoms with E-state index in [4.69, 9.17) is 9.97 Å². The molecule has 0 aliphatic carbocycles. The van der Waals surface area contributed by atoms with Crippen molar-refractivity contribution >= 4 is 11.2 Å². The van der Waals surface area contributed by atoms with Crippen LogP contribution in [-0.4, -0.2) is 40.1 Å². The van der Waals surface area contributed by atoms with Crippen LogP contribution in [0.25, 0.3) is 44.8 Å². The maximum Gasteiger partial charge on any atom is 0.205 e. The van der Waals surface area contributed by atoms with Crippen LogP contribution in [0, 0.1) is 6.92 Å².